The standard InChI is InChI=1S/C8H15ClO3/c1-7(11-2)4-6-12-8(10)3-5-9/h7H,3-6H2,1-2H3. The topological polar surface area (TPSA) is 35.5 Å². The Bertz CT molecular complexity index is 127. The van der Waals surface area contributed by atoms with E-state index in [1.807, 2.05) is 6.92 Å². The van der Waals surface area contributed by atoms with Crippen molar-refractivity contribution < 1.29 is 14.3 Å². The van der Waals surface area contributed by atoms with Gasteiger partial charge in [-0.3, -0.25) is 4.79 Å². The van der Waals surface area contributed by atoms with Crippen molar-refractivity contribution in [1.29, 1.82) is 0 Å². The van der Waals surface area contributed by atoms with Crippen molar-refractivity contribution in [3.05, 3.63) is 0 Å². The van der Waals surface area contributed by atoms with Crippen LogP contribution >= 0.6 is 11.6 Å². The Morgan fingerprint density at radius 2 is 2.25 bits per heavy atom. The Morgan fingerprint density at radius 3 is 2.75 bits per heavy atom. The molecule has 0 aromatic heterocycles. The summed E-state index contributed by atoms with van der Waals surface area (Å²) in [5.74, 6) is 0.0758. The molecule has 1 atom stereocenters. The maximum atomic E-state index is 10.8. The molecular formula is C8H15ClO3. The molecule has 0 heterocycles. The van der Waals surface area contributed by atoms with Crippen LogP contribution in [-0.2, 0) is 14.3 Å². The highest BCUT2D eigenvalue weighted by Gasteiger charge is 2.03. The summed E-state index contributed by atoms with van der Waals surface area (Å²) in [6, 6.07) is 0. The molecule has 0 aromatic rings. The Labute approximate surface area is 78.0 Å². The number of carbonyl (C=O) groups is 1. The van der Waals surface area contributed by atoms with E-state index >= 15 is 0 Å². The normalized spacial score (nSPS) is 12.6. The average Bonchev–Trinajstić information content (AvgIpc) is 2.04. The van der Waals surface area contributed by atoms with Gasteiger partial charge in [0.2, 0.25) is 0 Å². The number of hydrogen-bond acceptors (Lipinski definition) is 3. The summed E-state index contributed by atoms with van der Waals surface area (Å²) in [5.41, 5.74) is 0. The zero-order valence-corrected chi connectivity index (χ0v) is 8.26. The molecule has 72 valence electrons. The summed E-state index contributed by atoms with van der Waals surface area (Å²) >= 11 is 5.34. The fourth-order valence-corrected chi connectivity index (χ4v) is 0.760. The second kappa shape index (κ2) is 7.37. The number of ether oxygens (including phenoxy) is 2. The fraction of sp³-hybridized carbons (Fsp3) is 0.875. The summed E-state index contributed by atoms with van der Waals surface area (Å²) in [6.45, 7) is 2.33. The molecule has 0 aliphatic carbocycles. The molecule has 0 spiro atoms. The molecule has 0 rings (SSSR count). The molecule has 0 saturated heterocycles. The van der Waals surface area contributed by atoms with E-state index in [4.69, 9.17) is 21.1 Å². The van der Waals surface area contributed by atoms with E-state index in [0.29, 0.717) is 12.5 Å². The summed E-state index contributed by atoms with van der Waals surface area (Å²) in [6.07, 6.45) is 1.14. The molecule has 0 aliphatic rings. The Morgan fingerprint density at radius 1 is 1.58 bits per heavy atom. The summed E-state index contributed by atoms with van der Waals surface area (Å²) in [7, 11) is 1.63. The number of esters is 1. The van der Waals surface area contributed by atoms with Crippen LogP contribution in [0.1, 0.15) is 19.8 Å². The van der Waals surface area contributed by atoms with Gasteiger partial charge in [0.05, 0.1) is 19.1 Å². The second-order valence-electron chi connectivity index (χ2n) is 2.49. The van der Waals surface area contributed by atoms with Crippen LogP contribution in [0, 0.1) is 0 Å². The molecule has 0 bridgehead atoms. The van der Waals surface area contributed by atoms with Crippen molar-refractivity contribution in [1.82, 2.24) is 0 Å². The molecule has 0 radical (unpaired) electrons. The number of halogens is 1. The van der Waals surface area contributed by atoms with Gasteiger partial charge in [0.1, 0.15) is 0 Å². The minimum atomic E-state index is -0.242. The van der Waals surface area contributed by atoms with Gasteiger partial charge in [-0.2, -0.15) is 0 Å². The fourth-order valence-electron chi connectivity index (χ4n) is 0.606. The van der Waals surface area contributed by atoms with E-state index < -0.39 is 0 Å². The molecule has 3 nitrogen and oxygen atoms in total. The molecule has 0 aromatic carbocycles. The number of methoxy groups -OCH3 is 1. The lowest BCUT2D eigenvalue weighted by molar-refractivity contribution is -0.143. The Hall–Kier alpha value is -0.280. The molecule has 4 heteroatoms. The molecule has 0 aliphatic heterocycles. The van der Waals surface area contributed by atoms with E-state index in [2.05, 4.69) is 0 Å². The first kappa shape index (κ1) is 11.7. The lowest BCUT2D eigenvalue weighted by atomic mass is 10.3. The number of carbonyl (C=O) groups excluding carboxylic acids is 1. The minimum absolute atomic E-state index is 0.133. The van der Waals surface area contributed by atoms with Crippen LogP contribution in [0.3, 0.4) is 0 Å². The molecule has 0 N–H and O–H groups in total. The van der Waals surface area contributed by atoms with Gasteiger partial charge in [0, 0.05) is 19.4 Å². The lowest BCUT2D eigenvalue weighted by Gasteiger charge is -2.08. The average molecular weight is 195 g/mol. The van der Waals surface area contributed by atoms with Crippen LogP contribution in [-0.4, -0.2) is 31.7 Å². The van der Waals surface area contributed by atoms with Crippen molar-refractivity contribution >= 4 is 17.6 Å². The molecular weight excluding hydrogens is 180 g/mol. The van der Waals surface area contributed by atoms with Crippen LogP contribution in [0.4, 0.5) is 0 Å². The van der Waals surface area contributed by atoms with E-state index in [1.165, 1.54) is 0 Å². The van der Waals surface area contributed by atoms with Gasteiger partial charge in [-0.1, -0.05) is 0 Å². The van der Waals surface area contributed by atoms with Crippen LogP contribution in [0.5, 0.6) is 0 Å². The third-order valence-electron chi connectivity index (χ3n) is 1.49. The van der Waals surface area contributed by atoms with Crippen molar-refractivity contribution in [2.24, 2.45) is 0 Å². The second-order valence-corrected chi connectivity index (χ2v) is 2.87. The maximum Gasteiger partial charge on any atom is 0.306 e. The quantitative estimate of drug-likeness (QED) is 0.476. The van der Waals surface area contributed by atoms with Crippen molar-refractivity contribution in [2.75, 3.05) is 19.6 Å². The number of rotatable bonds is 6. The van der Waals surface area contributed by atoms with Crippen molar-refractivity contribution in [3.8, 4) is 0 Å². The van der Waals surface area contributed by atoms with E-state index in [-0.39, 0.29) is 18.5 Å². The highest BCUT2D eigenvalue weighted by molar-refractivity contribution is 6.18. The van der Waals surface area contributed by atoms with E-state index in [1.54, 1.807) is 7.11 Å². The van der Waals surface area contributed by atoms with Crippen molar-refractivity contribution in [3.63, 3.8) is 0 Å². The third kappa shape index (κ3) is 6.43. The first-order valence-electron chi connectivity index (χ1n) is 3.95. The monoisotopic (exact) mass is 194 g/mol. The Balaban J connectivity index is 3.24. The van der Waals surface area contributed by atoms with Gasteiger partial charge in [-0.25, -0.2) is 0 Å². The summed E-state index contributed by atoms with van der Waals surface area (Å²) in [4.78, 5) is 10.8. The predicted octanol–water partition coefficient (Wildman–Crippen LogP) is 1.58. The highest BCUT2D eigenvalue weighted by Crippen LogP contribution is 1.97. The van der Waals surface area contributed by atoms with E-state index in [0.717, 1.165) is 6.42 Å². The van der Waals surface area contributed by atoms with Crippen LogP contribution in [0.15, 0.2) is 0 Å². The molecule has 0 fully saturated rings. The number of alkyl halides is 1. The zero-order chi connectivity index (χ0) is 9.40. The van der Waals surface area contributed by atoms with E-state index in [9.17, 15) is 4.79 Å². The summed E-state index contributed by atoms with van der Waals surface area (Å²) in [5, 5.41) is 0. The van der Waals surface area contributed by atoms with Gasteiger partial charge >= 0.3 is 5.97 Å². The SMILES string of the molecule is COC(C)CCOC(=O)CCCl. The molecule has 0 amide bonds. The first-order valence-corrected chi connectivity index (χ1v) is 4.48. The van der Waals surface area contributed by atoms with Crippen LogP contribution in [0.2, 0.25) is 0 Å². The van der Waals surface area contributed by atoms with Gasteiger partial charge in [0.15, 0.2) is 0 Å². The maximum absolute atomic E-state index is 10.8. The predicted molar refractivity (Wildman–Crippen MR) is 47.4 cm³/mol. The molecule has 1 unspecified atom stereocenters. The largest absolute Gasteiger partial charge is 0.466 e. The minimum Gasteiger partial charge on any atom is -0.466 e. The van der Waals surface area contributed by atoms with Crippen molar-refractivity contribution in [2.45, 2.75) is 25.9 Å². The van der Waals surface area contributed by atoms with Crippen LogP contribution < -0.4 is 0 Å². The third-order valence-corrected chi connectivity index (χ3v) is 1.68. The Kier molecular flexibility index (Phi) is 7.20. The van der Waals surface area contributed by atoms with Gasteiger partial charge in [0.25, 0.3) is 0 Å². The lowest BCUT2D eigenvalue weighted by Crippen LogP contribution is -2.12. The molecule has 12 heavy (non-hydrogen) atoms. The molecule has 0 saturated carbocycles. The number of hydrogen-bond donors (Lipinski definition) is 0. The van der Waals surface area contributed by atoms with Crippen LogP contribution in [0.25, 0.3) is 0 Å². The zero-order valence-electron chi connectivity index (χ0n) is 7.51. The first-order chi connectivity index (χ1) is 5.70. The van der Waals surface area contributed by atoms with Gasteiger partial charge in [-0.15, -0.1) is 11.6 Å². The smallest absolute Gasteiger partial charge is 0.306 e. The van der Waals surface area contributed by atoms with Gasteiger partial charge < -0.3 is 9.47 Å². The summed E-state index contributed by atoms with van der Waals surface area (Å²) < 4.78 is 9.83. The van der Waals surface area contributed by atoms with Gasteiger partial charge in [-0.05, 0) is 6.92 Å². The highest BCUT2D eigenvalue weighted by atomic mass is 35.5.